The predicted molar refractivity (Wildman–Crippen MR) is 184 cm³/mol. The standard InChI is InChI=1S/C40H27N5/c1-26-25-32-30-21-11-13-23-33(30)44(29-19-9-4-10-20-29)36(32)37-35(26)31-22-12-14-24-34(31)45(37)40-42-38(27-15-5-2-6-16-27)41-39(43-40)28-17-7-3-8-18-28/h2-25H,1H3. The van der Waals surface area contributed by atoms with Gasteiger partial charge in [0.2, 0.25) is 5.95 Å². The van der Waals surface area contributed by atoms with Crippen LogP contribution in [-0.4, -0.2) is 24.1 Å². The van der Waals surface area contributed by atoms with E-state index in [1.165, 1.54) is 27.1 Å². The second-order valence-corrected chi connectivity index (χ2v) is 11.4. The Bertz CT molecular complexity index is 2470. The third-order valence-electron chi connectivity index (χ3n) is 8.67. The molecule has 0 aliphatic carbocycles. The fourth-order valence-corrected chi connectivity index (χ4v) is 6.75. The van der Waals surface area contributed by atoms with Crippen LogP contribution < -0.4 is 0 Å². The van der Waals surface area contributed by atoms with E-state index in [1.807, 2.05) is 36.4 Å². The maximum Gasteiger partial charge on any atom is 0.238 e. The fourth-order valence-electron chi connectivity index (χ4n) is 6.75. The van der Waals surface area contributed by atoms with Crippen molar-refractivity contribution < 1.29 is 0 Å². The van der Waals surface area contributed by atoms with Gasteiger partial charge in [0, 0.05) is 38.4 Å². The molecule has 0 fully saturated rings. The van der Waals surface area contributed by atoms with E-state index in [0.29, 0.717) is 17.6 Å². The summed E-state index contributed by atoms with van der Waals surface area (Å²) in [7, 11) is 0. The molecule has 0 aliphatic heterocycles. The van der Waals surface area contributed by atoms with Crippen LogP contribution in [0.3, 0.4) is 0 Å². The van der Waals surface area contributed by atoms with Crippen molar-refractivity contribution in [1.29, 1.82) is 0 Å². The van der Waals surface area contributed by atoms with Crippen molar-refractivity contribution in [3.63, 3.8) is 0 Å². The molecule has 3 heterocycles. The highest BCUT2D eigenvalue weighted by Crippen LogP contribution is 2.43. The highest BCUT2D eigenvalue weighted by molar-refractivity contribution is 6.24. The van der Waals surface area contributed by atoms with Crippen LogP contribution >= 0.6 is 0 Å². The van der Waals surface area contributed by atoms with Gasteiger partial charge in [-0.2, -0.15) is 9.97 Å². The Morgan fingerprint density at radius 2 is 0.956 bits per heavy atom. The Morgan fingerprint density at radius 1 is 0.444 bits per heavy atom. The van der Waals surface area contributed by atoms with Gasteiger partial charge in [0.15, 0.2) is 11.6 Å². The van der Waals surface area contributed by atoms with E-state index in [-0.39, 0.29) is 0 Å². The molecule has 3 aromatic heterocycles. The lowest BCUT2D eigenvalue weighted by Crippen LogP contribution is -2.07. The number of aromatic nitrogens is 5. The lowest BCUT2D eigenvalue weighted by Gasteiger charge is -2.13. The molecule has 0 spiro atoms. The number of aryl methyl sites for hydroxylation is 1. The number of rotatable bonds is 4. The third-order valence-corrected chi connectivity index (χ3v) is 8.67. The summed E-state index contributed by atoms with van der Waals surface area (Å²) in [6.07, 6.45) is 0. The Balaban J connectivity index is 1.50. The quantitative estimate of drug-likeness (QED) is 0.209. The molecule has 9 rings (SSSR count). The van der Waals surface area contributed by atoms with E-state index >= 15 is 0 Å². The summed E-state index contributed by atoms with van der Waals surface area (Å²) in [5.41, 5.74) is 8.63. The number of hydrogen-bond acceptors (Lipinski definition) is 3. The Kier molecular flexibility index (Phi) is 5.65. The van der Waals surface area contributed by atoms with Crippen LogP contribution in [0, 0.1) is 6.92 Å². The highest BCUT2D eigenvalue weighted by Gasteiger charge is 2.24. The predicted octanol–water partition coefficient (Wildman–Crippen LogP) is 9.71. The number of fused-ring (bicyclic) bond motifs is 7. The summed E-state index contributed by atoms with van der Waals surface area (Å²) in [6, 6.07) is 50.5. The largest absolute Gasteiger partial charge is 0.307 e. The van der Waals surface area contributed by atoms with Gasteiger partial charge in [-0.15, -0.1) is 0 Å². The summed E-state index contributed by atoms with van der Waals surface area (Å²) in [5, 5.41) is 4.77. The van der Waals surface area contributed by atoms with E-state index in [1.54, 1.807) is 0 Å². The summed E-state index contributed by atoms with van der Waals surface area (Å²) >= 11 is 0. The van der Waals surface area contributed by atoms with E-state index in [0.717, 1.165) is 38.9 Å². The second kappa shape index (κ2) is 10.00. The highest BCUT2D eigenvalue weighted by atomic mass is 15.2. The molecular formula is C40H27N5. The van der Waals surface area contributed by atoms with Crippen LogP contribution in [-0.2, 0) is 0 Å². The van der Waals surface area contributed by atoms with Crippen molar-refractivity contribution in [2.75, 3.05) is 0 Å². The van der Waals surface area contributed by atoms with Gasteiger partial charge in [-0.3, -0.25) is 4.57 Å². The van der Waals surface area contributed by atoms with Crippen molar-refractivity contribution >= 4 is 43.6 Å². The topological polar surface area (TPSA) is 48.5 Å². The van der Waals surface area contributed by atoms with E-state index < -0.39 is 0 Å². The molecule has 0 atom stereocenters. The van der Waals surface area contributed by atoms with Gasteiger partial charge in [0.25, 0.3) is 0 Å². The average molecular weight is 578 g/mol. The van der Waals surface area contributed by atoms with Crippen LogP contribution in [0.25, 0.3) is 78.0 Å². The first-order valence-electron chi connectivity index (χ1n) is 15.1. The monoisotopic (exact) mass is 577 g/mol. The molecule has 212 valence electrons. The van der Waals surface area contributed by atoms with Gasteiger partial charge < -0.3 is 4.57 Å². The lowest BCUT2D eigenvalue weighted by molar-refractivity contribution is 0.953. The van der Waals surface area contributed by atoms with E-state index in [9.17, 15) is 0 Å². The Labute approximate surface area is 259 Å². The van der Waals surface area contributed by atoms with Crippen LogP contribution in [0.5, 0.6) is 0 Å². The van der Waals surface area contributed by atoms with Gasteiger partial charge >= 0.3 is 0 Å². The van der Waals surface area contributed by atoms with Gasteiger partial charge in [-0.05, 0) is 42.8 Å². The van der Waals surface area contributed by atoms with Crippen LogP contribution in [0.4, 0.5) is 0 Å². The first-order chi connectivity index (χ1) is 22.3. The van der Waals surface area contributed by atoms with E-state index in [2.05, 4.69) is 125 Å². The minimum atomic E-state index is 0.589. The summed E-state index contributed by atoms with van der Waals surface area (Å²) in [6.45, 7) is 2.21. The zero-order valence-corrected chi connectivity index (χ0v) is 24.6. The zero-order valence-electron chi connectivity index (χ0n) is 24.6. The molecule has 5 nitrogen and oxygen atoms in total. The molecular weight excluding hydrogens is 550 g/mol. The molecule has 0 radical (unpaired) electrons. The van der Waals surface area contributed by atoms with Crippen LogP contribution in [0.15, 0.2) is 146 Å². The Morgan fingerprint density at radius 3 is 1.58 bits per heavy atom. The first-order valence-corrected chi connectivity index (χ1v) is 15.1. The van der Waals surface area contributed by atoms with Gasteiger partial charge in [0.05, 0.1) is 22.1 Å². The zero-order chi connectivity index (χ0) is 29.9. The van der Waals surface area contributed by atoms with Crippen LogP contribution in [0.2, 0.25) is 0 Å². The molecule has 5 heteroatoms. The molecule has 0 aliphatic rings. The minimum absolute atomic E-state index is 0.589. The van der Waals surface area contributed by atoms with Crippen molar-refractivity contribution in [2.24, 2.45) is 0 Å². The molecule has 0 saturated carbocycles. The molecule has 9 aromatic rings. The molecule has 0 N–H and O–H groups in total. The number of hydrogen-bond donors (Lipinski definition) is 0. The fraction of sp³-hybridized carbons (Fsp3) is 0.0250. The molecule has 6 aromatic carbocycles. The van der Waals surface area contributed by atoms with Gasteiger partial charge in [0.1, 0.15) is 0 Å². The minimum Gasteiger partial charge on any atom is -0.307 e. The summed E-state index contributed by atoms with van der Waals surface area (Å²) in [5.74, 6) is 1.86. The number of para-hydroxylation sites is 3. The average Bonchev–Trinajstić information content (AvgIpc) is 3.63. The number of benzene rings is 6. The van der Waals surface area contributed by atoms with Gasteiger partial charge in [-0.25, -0.2) is 4.98 Å². The van der Waals surface area contributed by atoms with Crippen LogP contribution in [0.1, 0.15) is 5.56 Å². The normalized spacial score (nSPS) is 11.7. The lowest BCUT2D eigenvalue weighted by atomic mass is 10.0. The number of nitrogens with zero attached hydrogens (tertiary/aromatic N) is 5. The van der Waals surface area contributed by atoms with Crippen molar-refractivity contribution in [1.82, 2.24) is 24.1 Å². The van der Waals surface area contributed by atoms with Crippen molar-refractivity contribution in [3.05, 3.63) is 151 Å². The summed E-state index contributed by atoms with van der Waals surface area (Å²) < 4.78 is 4.64. The Hall–Kier alpha value is -6.07. The smallest absolute Gasteiger partial charge is 0.238 e. The molecule has 0 amide bonds. The first kappa shape index (κ1) is 25.4. The summed E-state index contributed by atoms with van der Waals surface area (Å²) in [4.78, 5) is 15.4. The molecule has 0 unspecified atom stereocenters. The van der Waals surface area contributed by atoms with E-state index in [4.69, 9.17) is 15.0 Å². The third kappa shape index (κ3) is 3.91. The second-order valence-electron chi connectivity index (χ2n) is 11.4. The molecule has 0 bridgehead atoms. The maximum absolute atomic E-state index is 5.20. The molecule has 45 heavy (non-hydrogen) atoms. The van der Waals surface area contributed by atoms with Gasteiger partial charge in [-0.1, -0.05) is 115 Å². The van der Waals surface area contributed by atoms with Crippen molar-refractivity contribution in [2.45, 2.75) is 6.92 Å². The van der Waals surface area contributed by atoms with Crippen molar-refractivity contribution in [3.8, 4) is 34.4 Å². The maximum atomic E-state index is 5.20. The SMILES string of the molecule is Cc1cc2c3ccccc3n(-c3ccccc3)c2c2c1c1ccccc1n2-c1nc(-c2ccccc2)nc(-c2ccccc2)n1. The molecule has 0 saturated heterocycles.